The fraction of sp³-hybridized carbons (Fsp3) is 0.238. The summed E-state index contributed by atoms with van der Waals surface area (Å²) in [4.78, 5) is 23.9. The van der Waals surface area contributed by atoms with Crippen molar-refractivity contribution in [3.8, 4) is 5.75 Å². The lowest BCUT2D eigenvalue weighted by molar-refractivity contribution is -0.222. The van der Waals surface area contributed by atoms with Crippen molar-refractivity contribution in [1.29, 1.82) is 0 Å². The third-order valence-corrected chi connectivity index (χ3v) is 3.93. The van der Waals surface area contributed by atoms with Gasteiger partial charge in [0.25, 0.3) is 5.79 Å². The second kappa shape index (κ2) is 7.53. The summed E-state index contributed by atoms with van der Waals surface area (Å²) in [5.41, 5.74) is 2.51. The van der Waals surface area contributed by atoms with E-state index in [0.29, 0.717) is 18.0 Å². The van der Waals surface area contributed by atoms with E-state index >= 15 is 0 Å². The molecule has 0 aliphatic carbocycles. The van der Waals surface area contributed by atoms with Crippen molar-refractivity contribution < 1.29 is 23.8 Å². The van der Waals surface area contributed by atoms with Crippen molar-refractivity contribution >= 4 is 17.6 Å². The molecule has 2 aromatic carbocycles. The van der Waals surface area contributed by atoms with E-state index in [1.165, 1.54) is 20.0 Å². The molecule has 0 spiro atoms. The Morgan fingerprint density at radius 3 is 2.37 bits per heavy atom. The number of carbonyl (C=O) groups excluding carboxylic acids is 2. The van der Waals surface area contributed by atoms with Gasteiger partial charge in [-0.05, 0) is 24.1 Å². The highest BCUT2D eigenvalue weighted by atomic mass is 16.7. The average molecular weight is 367 g/mol. The maximum Gasteiger partial charge on any atom is 0.350 e. The first-order chi connectivity index (χ1) is 12.8. The van der Waals surface area contributed by atoms with E-state index in [0.717, 1.165) is 11.1 Å². The van der Waals surface area contributed by atoms with E-state index in [9.17, 15) is 9.59 Å². The Morgan fingerprint density at radius 1 is 1.04 bits per heavy atom. The molecule has 0 bridgehead atoms. The van der Waals surface area contributed by atoms with Gasteiger partial charge in [-0.3, -0.25) is 0 Å². The number of benzene rings is 2. The second-order valence-electron chi connectivity index (χ2n) is 6.64. The van der Waals surface area contributed by atoms with Crippen molar-refractivity contribution in [3.63, 3.8) is 0 Å². The summed E-state index contributed by atoms with van der Waals surface area (Å²) >= 11 is 0. The quantitative estimate of drug-likeness (QED) is 0.493. The molecule has 0 aromatic heterocycles. The second-order valence-corrected chi connectivity index (χ2v) is 6.64. The Kier molecular flexibility index (Phi) is 5.16. The Labute approximate surface area is 157 Å². The van der Waals surface area contributed by atoms with Gasteiger partial charge in [0.2, 0.25) is 0 Å². The average Bonchev–Trinajstić information content (AvgIpc) is 2.61. The van der Waals surface area contributed by atoms with Crippen LogP contribution in [0.3, 0.4) is 0 Å². The molecule has 2 aromatic rings. The van der Waals surface area contributed by atoms with E-state index in [1.54, 1.807) is 6.07 Å². The Morgan fingerprint density at radius 2 is 1.70 bits per heavy atom. The summed E-state index contributed by atoms with van der Waals surface area (Å²) in [6.45, 7) is 5.40. The minimum Gasteiger partial charge on any atom is -0.489 e. The first-order valence-corrected chi connectivity index (χ1v) is 8.55. The molecule has 6 nitrogen and oxygen atoms in total. The number of hydrogen-bond acceptors (Lipinski definition) is 6. The number of cyclic esters (lactones) is 2. The number of aryl methyl sites for hydroxylation is 1. The van der Waals surface area contributed by atoms with Gasteiger partial charge in [0, 0.05) is 31.8 Å². The molecule has 0 unspecified atom stereocenters. The molecule has 27 heavy (non-hydrogen) atoms. The van der Waals surface area contributed by atoms with Crippen LogP contribution in [0.15, 0.2) is 60.3 Å². The molecule has 1 fully saturated rings. The zero-order valence-electron chi connectivity index (χ0n) is 15.4. The van der Waals surface area contributed by atoms with Crippen LogP contribution in [-0.4, -0.2) is 17.7 Å². The summed E-state index contributed by atoms with van der Waals surface area (Å²) in [7, 11) is 0. The monoisotopic (exact) mass is 367 g/mol. The number of esters is 2. The van der Waals surface area contributed by atoms with Crippen LogP contribution in [0.4, 0.5) is 5.69 Å². The molecule has 0 atom stereocenters. The Bertz CT molecular complexity index is 865. The summed E-state index contributed by atoms with van der Waals surface area (Å²) in [5.74, 6) is -2.00. The Balaban J connectivity index is 1.71. The van der Waals surface area contributed by atoms with Gasteiger partial charge in [-0.15, -0.1) is 0 Å². The third kappa shape index (κ3) is 4.67. The topological polar surface area (TPSA) is 73.9 Å². The lowest BCUT2D eigenvalue weighted by atomic mass is 10.2. The van der Waals surface area contributed by atoms with E-state index in [4.69, 9.17) is 14.2 Å². The number of hydrogen-bond donors (Lipinski definition) is 1. The summed E-state index contributed by atoms with van der Waals surface area (Å²) in [5, 5.41) is 2.92. The van der Waals surface area contributed by atoms with Gasteiger partial charge in [-0.2, -0.15) is 0 Å². The molecule has 6 heteroatoms. The molecule has 0 radical (unpaired) electrons. The van der Waals surface area contributed by atoms with Gasteiger partial charge in [0.1, 0.15) is 12.4 Å². The zero-order chi connectivity index (χ0) is 19.4. The van der Waals surface area contributed by atoms with Gasteiger partial charge in [0.15, 0.2) is 5.57 Å². The highest BCUT2D eigenvalue weighted by molar-refractivity contribution is 6.15. The van der Waals surface area contributed by atoms with Crippen LogP contribution in [0.1, 0.15) is 25.0 Å². The SMILES string of the molecule is Cc1ccc(NC=C2C(=O)OC(C)(C)OC2=O)cc1OCc1ccccc1. The van der Waals surface area contributed by atoms with Crippen LogP contribution >= 0.6 is 0 Å². The molecule has 0 amide bonds. The number of rotatable bonds is 5. The number of nitrogens with one attached hydrogen (secondary N) is 1. The normalized spacial score (nSPS) is 15.6. The van der Waals surface area contributed by atoms with Crippen molar-refractivity contribution in [2.75, 3.05) is 5.32 Å². The number of anilines is 1. The van der Waals surface area contributed by atoms with E-state index in [-0.39, 0.29) is 5.57 Å². The maximum atomic E-state index is 12.0. The predicted molar refractivity (Wildman–Crippen MR) is 99.9 cm³/mol. The molecule has 1 saturated heterocycles. The highest BCUT2D eigenvalue weighted by Crippen LogP contribution is 2.25. The molecule has 1 N–H and O–H groups in total. The molecule has 3 rings (SSSR count). The molecule has 1 aliphatic heterocycles. The highest BCUT2D eigenvalue weighted by Gasteiger charge is 2.38. The van der Waals surface area contributed by atoms with Crippen molar-refractivity contribution in [3.05, 3.63) is 71.4 Å². The molecule has 1 heterocycles. The van der Waals surface area contributed by atoms with Crippen molar-refractivity contribution in [2.45, 2.75) is 33.2 Å². The van der Waals surface area contributed by atoms with Crippen LogP contribution in [0, 0.1) is 6.92 Å². The number of carbonyl (C=O) groups is 2. The first-order valence-electron chi connectivity index (χ1n) is 8.55. The fourth-order valence-corrected chi connectivity index (χ4v) is 2.51. The molecule has 1 aliphatic rings. The minimum atomic E-state index is -1.26. The summed E-state index contributed by atoms with van der Waals surface area (Å²) in [6, 6.07) is 15.4. The van der Waals surface area contributed by atoms with Gasteiger partial charge < -0.3 is 19.5 Å². The standard InChI is InChI=1S/C21H21NO5/c1-14-9-10-16(11-18(14)25-13-15-7-5-4-6-8-15)22-12-17-19(23)26-21(2,3)27-20(17)24/h4-12,22H,13H2,1-3H3. The summed E-state index contributed by atoms with van der Waals surface area (Å²) in [6.07, 6.45) is 1.28. The fourth-order valence-electron chi connectivity index (χ4n) is 2.51. The predicted octanol–water partition coefficient (Wildman–Crippen LogP) is 3.71. The molecule has 0 saturated carbocycles. The van der Waals surface area contributed by atoms with Gasteiger partial charge in [-0.25, -0.2) is 9.59 Å². The molecule has 140 valence electrons. The van der Waals surface area contributed by atoms with Crippen molar-refractivity contribution in [1.82, 2.24) is 0 Å². The third-order valence-electron chi connectivity index (χ3n) is 3.93. The van der Waals surface area contributed by atoms with Gasteiger partial charge in [0.05, 0.1) is 0 Å². The van der Waals surface area contributed by atoms with Crippen LogP contribution in [0.25, 0.3) is 0 Å². The van der Waals surface area contributed by atoms with Crippen LogP contribution < -0.4 is 10.1 Å². The van der Waals surface area contributed by atoms with Gasteiger partial charge in [-0.1, -0.05) is 36.4 Å². The lowest BCUT2D eigenvalue weighted by Gasteiger charge is -2.29. The smallest absolute Gasteiger partial charge is 0.350 e. The zero-order valence-corrected chi connectivity index (χ0v) is 15.4. The van der Waals surface area contributed by atoms with E-state index in [2.05, 4.69) is 5.32 Å². The molecular weight excluding hydrogens is 346 g/mol. The Hall–Kier alpha value is -3.28. The maximum absolute atomic E-state index is 12.0. The van der Waals surface area contributed by atoms with Crippen molar-refractivity contribution in [2.24, 2.45) is 0 Å². The van der Waals surface area contributed by atoms with Crippen LogP contribution in [0.2, 0.25) is 0 Å². The molecular formula is C21H21NO5. The van der Waals surface area contributed by atoms with Gasteiger partial charge >= 0.3 is 11.9 Å². The summed E-state index contributed by atoms with van der Waals surface area (Å²) < 4.78 is 16.0. The van der Waals surface area contributed by atoms with E-state index < -0.39 is 17.7 Å². The first kappa shape index (κ1) is 18.5. The largest absolute Gasteiger partial charge is 0.489 e. The van der Waals surface area contributed by atoms with Crippen LogP contribution in [-0.2, 0) is 25.7 Å². The van der Waals surface area contributed by atoms with Crippen LogP contribution in [0.5, 0.6) is 5.75 Å². The number of ether oxygens (including phenoxy) is 3. The van der Waals surface area contributed by atoms with E-state index in [1.807, 2.05) is 49.4 Å². The minimum absolute atomic E-state index is 0.193. The lowest BCUT2D eigenvalue weighted by Crippen LogP contribution is -2.42.